The number of amides is 1. The highest BCUT2D eigenvalue weighted by molar-refractivity contribution is 5.98. The molecule has 3 aliphatic rings. The van der Waals surface area contributed by atoms with Gasteiger partial charge in [-0.2, -0.15) is 5.10 Å². The fourth-order valence-corrected chi connectivity index (χ4v) is 5.14. The Balaban J connectivity index is 1.46. The molecule has 4 rings (SSSR count). The molecule has 1 aromatic rings. The molecule has 31 heavy (non-hydrogen) atoms. The van der Waals surface area contributed by atoms with Crippen LogP contribution in [0.3, 0.4) is 0 Å². The Morgan fingerprint density at radius 3 is 2.61 bits per heavy atom. The lowest BCUT2D eigenvalue weighted by molar-refractivity contribution is -0.120. The van der Waals surface area contributed by atoms with Crippen molar-refractivity contribution in [1.29, 1.82) is 0 Å². The number of nitrogens with one attached hydrogen (secondary N) is 1. The second kappa shape index (κ2) is 9.99. The van der Waals surface area contributed by atoms with E-state index in [1.165, 1.54) is 32.1 Å². The van der Waals surface area contributed by atoms with Crippen molar-refractivity contribution in [2.45, 2.75) is 44.6 Å². The molecule has 3 fully saturated rings. The Hall–Kier alpha value is -2.13. The van der Waals surface area contributed by atoms with E-state index in [0.29, 0.717) is 13.1 Å². The normalized spacial score (nSPS) is 23.3. The molecule has 172 valence electrons. The van der Waals surface area contributed by atoms with Crippen molar-refractivity contribution in [1.82, 2.24) is 24.9 Å². The second-order valence-corrected chi connectivity index (χ2v) is 8.89. The van der Waals surface area contributed by atoms with Crippen LogP contribution in [0.2, 0.25) is 0 Å². The summed E-state index contributed by atoms with van der Waals surface area (Å²) in [7, 11) is 1.87. The molecule has 2 aliphatic heterocycles. The number of piperazine rings is 1. The van der Waals surface area contributed by atoms with Gasteiger partial charge in [0, 0.05) is 51.5 Å². The second-order valence-electron chi connectivity index (χ2n) is 8.89. The topological polar surface area (TPSA) is 78.2 Å². The number of hydrogen-bond donors (Lipinski definition) is 1. The van der Waals surface area contributed by atoms with Crippen LogP contribution in [0, 0.1) is 0 Å². The fraction of sp³-hybridized carbons (Fsp3) is 0.773. The third kappa shape index (κ3) is 5.03. The van der Waals surface area contributed by atoms with Crippen molar-refractivity contribution in [3.63, 3.8) is 0 Å². The number of hydrogen-bond acceptors (Lipinski definition) is 5. The van der Waals surface area contributed by atoms with Gasteiger partial charge in [-0.1, -0.05) is 19.3 Å². The summed E-state index contributed by atoms with van der Waals surface area (Å²) in [6.45, 7) is 9.02. The Kier molecular flexibility index (Phi) is 7.12. The lowest BCUT2D eigenvalue weighted by Gasteiger charge is -2.47. The maximum absolute atomic E-state index is 12.9. The van der Waals surface area contributed by atoms with Gasteiger partial charge < -0.3 is 19.9 Å². The van der Waals surface area contributed by atoms with Crippen LogP contribution in [0.25, 0.3) is 0 Å². The third-order valence-electron chi connectivity index (χ3n) is 6.85. The third-order valence-corrected chi connectivity index (χ3v) is 6.85. The van der Waals surface area contributed by atoms with Crippen LogP contribution in [0.5, 0.6) is 0 Å². The molecule has 0 aromatic carbocycles. The van der Waals surface area contributed by atoms with Gasteiger partial charge in [0.25, 0.3) is 0 Å². The van der Waals surface area contributed by atoms with Crippen molar-refractivity contribution >= 4 is 17.6 Å². The summed E-state index contributed by atoms with van der Waals surface area (Å²) in [4.78, 5) is 24.5. The predicted molar refractivity (Wildman–Crippen MR) is 121 cm³/mol. The first-order chi connectivity index (χ1) is 15.1. The van der Waals surface area contributed by atoms with Gasteiger partial charge in [0.05, 0.1) is 31.6 Å². The van der Waals surface area contributed by atoms with Crippen LogP contribution in [-0.2, 0) is 16.6 Å². The average molecular weight is 432 g/mol. The summed E-state index contributed by atoms with van der Waals surface area (Å²) < 4.78 is 7.34. The standard InChI is InChI=1S/C22H37N7O2/c1-3-23-21(27-9-10-29(20(30)17-27)19-15-25-26(2)16-19)24-18-22(7-5-4-6-8-22)28-11-13-31-14-12-28/h15-16H,3-14,17-18H2,1-2H3,(H,23,24). The van der Waals surface area contributed by atoms with Gasteiger partial charge >= 0.3 is 0 Å². The summed E-state index contributed by atoms with van der Waals surface area (Å²) in [6.07, 6.45) is 9.90. The first kappa shape index (κ1) is 22.1. The SMILES string of the molecule is CCNC(=NCC1(N2CCOCC2)CCCCC1)N1CCN(c2cnn(C)c2)C(=O)C1. The van der Waals surface area contributed by atoms with Gasteiger partial charge in [0.2, 0.25) is 5.91 Å². The molecule has 0 spiro atoms. The van der Waals surface area contributed by atoms with Crippen molar-refractivity contribution in [3.8, 4) is 0 Å². The van der Waals surface area contributed by atoms with Crippen molar-refractivity contribution in [3.05, 3.63) is 12.4 Å². The molecule has 0 atom stereocenters. The van der Waals surface area contributed by atoms with E-state index in [9.17, 15) is 4.79 Å². The minimum absolute atomic E-state index is 0.0883. The Morgan fingerprint density at radius 1 is 1.19 bits per heavy atom. The molecule has 0 radical (unpaired) electrons. The van der Waals surface area contributed by atoms with Crippen LogP contribution < -0.4 is 10.2 Å². The lowest BCUT2D eigenvalue weighted by atomic mass is 9.80. The highest BCUT2D eigenvalue weighted by Gasteiger charge is 2.39. The highest BCUT2D eigenvalue weighted by atomic mass is 16.5. The van der Waals surface area contributed by atoms with Crippen LogP contribution in [0.4, 0.5) is 5.69 Å². The first-order valence-corrected chi connectivity index (χ1v) is 11.8. The van der Waals surface area contributed by atoms with Crippen LogP contribution in [0.15, 0.2) is 17.4 Å². The van der Waals surface area contributed by atoms with Gasteiger partial charge in [-0.05, 0) is 19.8 Å². The number of anilines is 1. The van der Waals surface area contributed by atoms with Gasteiger partial charge in [0.1, 0.15) is 6.54 Å². The van der Waals surface area contributed by atoms with E-state index in [1.807, 2.05) is 18.1 Å². The summed E-state index contributed by atoms with van der Waals surface area (Å²) in [5.41, 5.74) is 0.993. The number of nitrogens with zero attached hydrogens (tertiary/aromatic N) is 6. The van der Waals surface area contributed by atoms with E-state index in [4.69, 9.17) is 9.73 Å². The number of ether oxygens (including phenoxy) is 1. The van der Waals surface area contributed by atoms with Crippen molar-refractivity contribution < 1.29 is 9.53 Å². The predicted octanol–water partition coefficient (Wildman–Crippen LogP) is 1.07. The fourth-order valence-electron chi connectivity index (χ4n) is 5.14. The zero-order valence-electron chi connectivity index (χ0n) is 19.1. The van der Waals surface area contributed by atoms with E-state index in [0.717, 1.165) is 57.6 Å². The molecule has 1 N–H and O–H groups in total. The maximum atomic E-state index is 12.9. The van der Waals surface area contributed by atoms with Gasteiger partial charge in [0.15, 0.2) is 5.96 Å². The zero-order chi connectivity index (χ0) is 21.7. The summed E-state index contributed by atoms with van der Waals surface area (Å²) in [6, 6.07) is 0. The van der Waals surface area contributed by atoms with Crippen LogP contribution in [-0.4, -0.2) is 96.0 Å². The Morgan fingerprint density at radius 2 is 1.97 bits per heavy atom. The largest absolute Gasteiger partial charge is 0.379 e. The quantitative estimate of drug-likeness (QED) is 0.555. The van der Waals surface area contributed by atoms with E-state index >= 15 is 0 Å². The summed E-state index contributed by atoms with van der Waals surface area (Å²) in [5, 5.41) is 7.64. The summed E-state index contributed by atoms with van der Waals surface area (Å²) >= 11 is 0. The molecule has 1 aliphatic carbocycles. The van der Waals surface area contributed by atoms with Crippen molar-refractivity contribution in [2.24, 2.45) is 12.0 Å². The molecule has 9 heteroatoms. The molecule has 1 aromatic heterocycles. The van der Waals surface area contributed by atoms with Crippen LogP contribution >= 0.6 is 0 Å². The summed E-state index contributed by atoms with van der Waals surface area (Å²) in [5.74, 6) is 0.949. The van der Waals surface area contributed by atoms with Gasteiger partial charge in [-0.25, -0.2) is 0 Å². The van der Waals surface area contributed by atoms with Crippen LogP contribution in [0.1, 0.15) is 39.0 Å². The van der Waals surface area contributed by atoms with E-state index in [1.54, 1.807) is 10.9 Å². The van der Waals surface area contributed by atoms with E-state index in [2.05, 4.69) is 27.1 Å². The molecule has 1 amide bonds. The number of rotatable bonds is 5. The van der Waals surface area contributed by atoms with E-state index in [-0.39, 0.29) is 11.4 Å². The number of aromatic nitrogens is 2. The first-order valence-electron chi connectivity index (χ1n) is 11.8. The number of carbonyl (C=O) groups is 1. The number of aryl methyl sites for hydroxylation is 1. The maximum Gasteiger partial charge on any atom is 0.246 e. The molecule has 9 nitrogen and oxygen atoms in total. The lowest BCUT2D eigenvalue weighted by Crippen LogP contribution is -2.58. The molecule has 1 saturated carbocycles. The molecular weight excluding hydrogens is 394 g/mol. The smallest absolute Gasteiger partial charge is 0.246 e. The number of aliphatic imine (C=N–C) groups is 1. The van der Waals surface area contributed by atoms with Gasteiger partial charge in [-0.15, -0.1) is 0 Å². The highest BCUT2D eigenvalue weighted by Crippen LogP contribution is 2.34. The number of guanidine groups is 1. The number of carbonyl (C=O) groups excluding carboxylic acids is 1. The minimum Gasteiger partial charge on any atom is -0.379 e. The average Bonchev–Trinajstić information content (AvgIpc) is 3.23. The zero-order valence-corrected chi connectivity index (χ0v) is 19.1. The molecule has 2 saturated heterocycles. The Bertz CT molecular complexity index is 766. The van der Waals surface area contributed by atoms with E-state index < -0.39 is 0 Å². The molecule has 0 unspecified atom stereocenters. The number of morpholine rings is 1. The molecule has 3 heterocycles. The Labute approximate surface area is 185 Å². The monoisotopic (exact) mass is 431 g/mol. The van der Waals surface area contributed by atoms with Gasteiger partial charge in [-0.3, -0.25) is 19.4 Å². The minimum atomic E-state index is 0.0883. The van der Waals surface area contributed by atoms with Crippen molar-refractivity contribution in [2.75, 3.05) is 63.9 Å². The molecular formula is C22H37N7O2. The molecule has 0 bridgehead atoms.